The van der Waals surface area contributed by atoms with Gasteiger partial charge in [-0.2, -0.15) is 0 Å². The van der Waals surface area contributed by atoms with E-state index in [-0.39, 0.29) is 11.3 Å². The first-order chi connectivity index (χ1) is 8.50. The van der Waals surface area contributed by atoms with Gasteiger partial charge in [-0.05, 0) is 51.9 Å². The van der Waals surface area contributed by atoms with Crippen LogP contribution in [0.2, 0.25) is 0 Å². The van der Waals surface area contributed by atoms with Crippen LogP contribution in [-0.2, 0) is 0 Å². The summed E-state index contributed by atoms with van der Waals surface area (Å²) in [4.78, 5) is 0. The number of aliphatic hydroxyl groups is 4. The third kappa shape index (κ3) is 2.33. The molecule has 0 aliphatic heterocycles. The Bertz CT molecular complexity index is 342. The molecule has 0 bridgehead atoms. The molecule has 2 aliphatic carbocycles. The predicted molar refractivity (Wildman–Crippen MR) is 72.5 cm³/mol. The van der Waals surface area contributed by atoms with Crippen LogP contribution in [0.1, 0.15) is 53.4 Å². The van der Waals surface area contributed by atoms with Gasteiger partial charge in [-0.3, -0.25) is 0 Å². The van der Waals surface area contributed by atoms with Gasteiger partial charge in [-0.15, -0.1) is 0 Å². The van der Waals surface area contributed by atoms with Crippen LogP contribution >= 0.6 is 0 Å². The van der Waals surface area contributed by atoms with E-state index in [1.807, 2.05) is 0 Å². The normalized spacial score (nSPS) is 51.8. The molecule has 0 unspecified atom stereocenters. The molecule has 0 spiro atoms. The lowest BCUT2D eigenvalue weighted by Crippen LogP contribution is -2.65. The fourth-order valence-electron chi connectivity index (χ4n) is 4.52. The SMILES string of the molecule is CC(C)(O)[C@@H]1CC[C@@]2(C)CC[C@@H](O)[C@@](C)(O)[C@@H]2[C@H]1O. The molecule has 0 amide bonds. The van der Waals surface area contributed by atoms with E-state index in [0.717, 1.165) is 19.3 Å². The van der Waals surface area contributed by atoms with E-state index in [1.165, 1.54) is 0 Å². The second kappa shape index (κ2) is 4.42. The Morgan fingerprint density at radius 2 is 1.58 bits per heavy atom. The van der Waals surface area contributed by atoms with Crippen molar-refractivity contribution in [3.63, 3.8) is 0 Å². The van der Waals surface area contributed by atoms with Gasteiger partial charge in [0.25, 0.3) is 0 Å². The average Bonchev–Trinajstić information content (AvgIpc) is 2.22. The van der Waals surface area contributed by atoms with Crippen molar-refractivity contribution >= 4 is 0 Å². The molecule has 4 N–H and O–H groups in total. The second-order valence-electron chi connectivity index (χ2n) is 7.70. The molecule has 112 valence electrons. The summed E-state index contributed by atoms with van der Waals surface area (Å²) in [6, 6.07) is 0. The lowest BCUT2D eigenvalue weighted by atomic mass is 9.50. The molecule has 19 heavy (non-hydrogen) atoms. The minimum Gasteiger partial charge on any atom is -0.392 e. The molecule has 6 atom stereocenters. The summed E-state index contributed by atoms with van der Waals surface area (Å²) in [7, 11) is 0. The predicted octanol–water partition coefficient (Wildman–Crippen LogP) is 1.06. The van der Waals surface area contributed by atoms with E-state index in [4.69, 9.17) is 0 Å². The van der Waals surface area contributed by atoms with Crippen LogP contribution in [0.25, 0.3) is 0 Å². The van der Waals surface area contributed by atoms with Crippen molar-refractivity contribution in [3.05, 3.63) is 0 Å². The average molecular weight is 272 g/mol. The summed E-state index contributed by atoms with van der Waals surface area (Å²) < 4.78 is 0. The van der Waals surface area contributed by atoms with Gasteiger partial charge in [-0.1, -0.05) is 6.92 Å². The number of fused-ring (bicyclic) bond motifs is 1. The largest absolute Gasteiger partial charge is 0.392 e. The molecular formula is C15H28O4. The van der Waals surface area contributed by atoms with E-state index in [9.17, 15) is 20.4 Å². The Balaban J connectivity index is 2.36. The van der Waals surface area contributed by atoms with Gasteiger partial charge in [-0.25, -0.2) is 0 Å². The van der Waals surface area contributed by atoms with Gasteiger partial charge in [0.15, 0.2) is 0 Å². The van der Waals surface area contributed by atoms with Crippen molar-refractivity contribution in [3.8, 4) is 0 Å². The molecule has 0 radical (unpaired) electrons. The Morgan fingerprint density at radius 1 is 1.05 bits per heavy atom. The minimum absolute atomic E-state index is 0.163. The summed E-state index contributed by atoms with van der Waals surface area (Å²) in [6.07, 6.45) is 1.41. The summed E-state index contributed by atoms with van der Waals surface area (Å²) in [5, 5.41) is 41.6. The maximum Gasteiger partial charge on any atom is 0.0935 e. The molecule has 2 aliphatic rings. The van der Waals surface area contributed by atoms with E-state index in [2.05, 4.69) is 6.92 Å². The molecule has 0 aromatic carbocycles. The number of hydrogen-bond acceptors (Lipinski definition) is 4. The monoisotopic (exact) mass is 272 g/mol. The molecule has 2 fully saturated rings. The highest BCUT2D eigenvalue weighted by molar-refractivity contribution is 5.10. The van der Waals surface area contributed by atoms with Crippen molar-refractivity contribution in [2.45, 2.75) is 76.8 Å². The summed E-state index contributed by atoms with van der Waals surface area (Å²) in [5.41, 5.74) is -2.43. The lowest BCUT2D eigenvalue weighted by Gasteiger charge is -2.59. The fourth-order valence-corrected chi connectivity index (χ4v) is 4.52. The highest BCUT2D eigenvalue weighted by Gasteiger charge is 2.60. The molecule has 4 nitrogen and oxygen atoms in total. The van der Waals surface area contributed by atoms with E-state index < -0.39 is 29.3 Å². The Labute approximate surface area is 115 Å². The van der Waals surface area contributed by atoms with Crippen molar-refractivity contribution in [2.75, 3.05) is 0 Å². The van der Waals surface area contributed by atoms with Crippen LogP contribution in [0.3, 0.4) is 0 Å². The topological polar surface area (TPSA) is 80.9 Å². The van der Waals surface area contributed by atoms with Gasteiger partial charge in [0.2, 0.25) is 0 Å². The first kappa shape index (κ1) is 15.2. The van der Waals surface area contributed by atoms with E-state index in [0.29, 0.717) is 6.42 Å². The van der Waals surface area contributed by atoms with Crippen molar-refractivity contribution < 1.29 is 20.4 Å². The van der Waals surface area contributed by atoms with Crippen molar-refractivity contribution in [2.24, 2.45) is 17.3 Å². The maximum absolute atomic E-state index is 10.7. The van der Waals surface area contributed by atoms with Gasteiger partial charge in [0, 0.05) is 11.8 Å². The second-order valence-corrected chi connectivity index (χ2v) is 7.70. The first-order valence-electron chi connectivity index (χ1n) is 7.31. The molecule has 4 heteroatoms. The van der Waals surface area contributed by atoms with Crippen molar-refractivity contribution in [1.82, 2.24) is 0 Å². The fraction of sp³-hybridized carbons (Fsp3) is 1.00. The summed E-state index contributed by atoms with van der Waals surface area (Å²) >= 11 is 0. The summed E-state index contributed by atoms with van der Waals surface area (Å²) in [6.45, 7) is 7.12. The zero-order valence-corrected chi connectivity index (χ0v) is 12.4. The van der Waals surface area contributed by atoms with Gasteiger partial charge in [0.1, 0.15) is 0 Å². The lowest BCUT2D eigenvalue weighted by molar-refractivity contribution is -0.236. The molecule has 0 aromatic rings. The molecule has 0 saturated heterocycles. The molecule has 2 rings (SSSR count). The highest BCUT2D eigenvalue weighted by atomic mass is 16.3. The number of rotatable bonds is 1. The van der Waals surface area contributed by atoms with Crippen LogP contribution in [0.15, 0.2) is 0 Å². The quantitative estimate of drug-likeness (QED) is 0.575. The van der Waals surface area contributed by atoms with Gasteiger partial charge < -0.3 is 20.4 Å². The van der Waals surface area contributed by atoms with Gasteiger partial charge >= 0.3 is 0 Å². The van der Waals surface area contributed by atoms with Crippen LogP contribution in [0.5, 0.6) is 0 Å². The van der Waals surface area contributed by atoms with Crippen LogP contribution in [0, 0.1) is 17.3 Å². The zero-order valence-electron chi connectivity index (χ0n) is 12.4. The maximum atomic E-state index is 10.7. The van der Waals surface area contributed by atoms with Crippen LogP contribution < -0.4 is 0 Å². The molecule has 2 saturated carbocycles. The standard InChI is InChI=1S/C15H28O4/c1-13(2,18)9-5-7-14(3)8-6-10(16)15(4,19)12(14)11(9)17/h9-12,16-19H,5-8H2,1-4H3/t9-,10-,11+,12-,14+,15-/m1/s1. The Morgan fingerprint density at radius 3 is 2.11 bits per heavy atom. The first-order valence-corrected chi connectivity index (χ1v) is 7.31. The van der Waals surface area contributed by atoms with Crippen molar-refractivity contribution in [1.29, 1.82) is 0 Å². The molecule has 0 aromatic heterocycles. The number of hydrogen-bond donors (Lipinski definition) is 4. The van der Waals surface area contributed by atoms with E-state index in [1.54, 1.807) is 20.8 Å². The minimum atomic E-state index is -1.30. The third-order valence-electron chi connectivity index (χ3n) is 5.73. The van der Waals surface area contributed by atoms with Crippen LogP contribution in [-0.4, -0.2) is 43.8 Å². The zero-order chi connectivity index (χ0) is 14.6. The van der Waals surface area contributed by atoms with E-state index >= 15 is 0 Å². The number of aliphatic hydroxyl groups excluding tert-OH is 2. The molecular weight excluding hydrogens is 244 g/mol. The smallest absolute Gasteiger partial charge is 0.0935 e. The van der Waals surface area contributed by atoms with Crippen LogP contribution in [0.4, 0.5) is 0 Å². The summed E-state index contributed by atoms with van der Waals surface area (Å²) in [5.74, 6) is -0.656. The Kier molecular flexibility index (Phi) is 3.54. The highest BCUT2D eigenvalue weighted by Crippen LogP contribution is 2.56. The van der Waals surface area contributed by atoms with Gasteiger partial charge in [0.05, 0.1) is 23.4 Å². The Hall–Kier alpha value is -0.160. The third-order valence-corrected chi connectivity index (χ3v) is 5.73. The molecule has 0 heterocycles.